The Morgan fingerprint density at radius 2 is 2.00 bits per heavy atom. The van der Waals surface area contributed by atoms with E-state index in [-0.39, 0.29) is 18.4 Å². The number of hydrogen-bond acceptors (Lipinski definition) is 3. The van der Waals surface area contributed by atoms with Gasteiger partial charge in [0.05, 0.1) is 0 Å². The first kappa shape index (κ1) is 11.0. The van der Waals surface area contributed by atoms with Gasteiger partial charge in [0, 0.05) is 0 Å². The molecule has 0 aromatic carbocycles. The quantitative estimate of drug-likeness (QED) is 0.367. The van der Waals surface area contributed by atoms with E-state index in [0.29, 0.717) is 18.3 Å². The van der Waals surface area contributed by atoms with Gasteiger partial charge in [-0.3, -0.25) is 9.59 Å². The summed E-state index contributed by atoms with van der Waals surface area (Å²) in [5, 5.41) is 0. The van der Waals surface area contributed by atoms with Crippen molar-refractivity contribution in [2.24, 2.45) is 17.3 Å². The van der Waals surface area contributed by atoms with Gasteiger partial charge >= 0.3 is 5.97 Å². The largest absolute Gasteiger partial charge is 0.457 e. The van der Waals surface area contributed by atoms with Gasteiger partial charge in [0.15, 0.2) is 12.4 Å². The molecule has 1 saturated carbocycles. The second-order valence-corrected chi connectivity index (χ2v) is 5.86. The number of hydrogen-bond donors (Lipinski definition) is 0. The van der Waals surface area contributed by atoms with Gasteiger partial charge in [0.2, 0.25) is 0 Å². The predicted molar refractivity (Wildman–Crippen MR) is 62.2 cm³/mol. The van der Waals surface area contributed by atoms with Crippen LogP contribution < -0.4 is 0 Å². The van der Waals surface area contributed by atoms with Crippen LogP contribution >= 0.6 is 0 Å². The molecule has 3 unspecified atom stereocenters. The number of esters is 1. The summed E-state index contributed by atoms with van der Waals surface area (Å²) in [6.45, 7) is 4.33. The molecule has 1 heterocycles. The highest BCUT2D eigenvalue weighted by atomic mass is 16.5. The Hall–Kier alpha value is -1.12. The summed E-state index contributed by atoms with van der Waals surface area (Å²) in [5.41, 5.74) is 2.08. The average molecular weight is 234 g/mol. The van der Waals surface area contributed by atoms with E-state index >= 15 is 0 Å². The fourth-order valence-corrected chi connectivity index (χ4v) is 3.86. The normalized spacial score (nSPS) is 41.1. The molecule has 0 aromatic rings. The topological polar surface area (TPSA) is 43.4 Å². The molecule has 3 heteroatoms. The zero-order valence-electron chi connectivity index (χ0n) is 10.4. The number of rotatable bonds is 0. The minimum atomic E-state index is -0.777. The van der Waals surface area contributed by atoms with Crippen molar-refractivity contribution in [3.63, 3.8) is 0 Å². The van der Waals surface area contributed by atoms with Crippen LogP contribution in [0.3, 0.4) is 0 Å². The van der Waals surface area contributed by atoms with E-state index in [1.54, 1.807) is 0 Å². The van der Waals surface area contributed by atoms with Gasteiger partial charge < -0.3 is 4.74 Å². The maximum absolute atomic E-state index is 12.0. The number of allylic oxidation sites excluding steroid dienone is 2. The maximum Gasteiger partial charge on any atom is 0.320 e. The van der Waals surface area contributed by atoms with Gasteiger partial charge in [-0.05, 0) is 51.4 Å². The lowest BCUT2D eigenvalue weighted by Gasteiger charge is -2.27. The highest BCUT2D eigenvalue weighted by molar-refractivity contribution is 6.09. The van der Waals surface area contributed by atoms with E-state index in [1.807, 2.05) is 0 Å². The summed E-state index contributed by atoms with van der Waals surface area (Å²) in [5.74, 6) is 0.691. The first-order valence-corrected chi connectivity index (χ1v) is 6.41. The molecule has 2 fully saturated rings. The lowest BCUT2D eigenvalue weighted by atomic mass is 9.78. The SMILES string of the molecule is CC1=C(C)C2CC3(CC2CC1)C(=O)COC3=O. The molecule has 3 atom stereocenters. The number of fused-ring (bicyclic) bond motifs is 1. The molecule has 1 saturated heterocycles. The van der Waals surface area contributed by atoms with Crippen LogP contribution in [-0.2, 0) is 14.3 Å². The summed E-state index contributed by atoms with van der Waals surface area (Å²) in [6, 6.07) is 0. The zero-order chi connectivity index (χ0) is 12.2. The number of carbonyl (C=O) groups excluding carboxylic acids is 2. The molecule has 1 aliphatic heterocycles. The fourth-order valence-electron chi connectivity index (χ4n) is 3.86. The maximum atomic E-state index is 12.0. The molecule has 92 valence electrons. The van der Waals surface area contributed by atoms with E-state index in [4.69, 9.17) is 4.74 Å². The molecule has 0 bridgehead atoms. The Balaban J connectivity index is 1.96. The standard InChI is InChI=1S/C14H18O3/c1-8-3-4-10-5-14(6-11(10)9(8)2)12(15)7-17-13(14)16/h10-11H,3-7H2,1-2H3. The Labute approximate surface area is 101 Å². The third-order valence-corrected chi connectivity index (χ3v) is 5.13. The number of carbonyl (C=O) groups is 2. The molecule has 0 radical (unpaired) electrons. The van der Waals surface area contributed by atoms with Gasteiger partial charge in [0.25, 0.3) is 0 Å². The molecule has 0 amide bonds. The van der Waals surface area contributed by atoms with Crippen molar-refractivity contribution >= 4 is 11.8 Å². The van der Waals surface area contributed by atoms with Crippen LogP contribution in [0.2, 0.25) is 0 Å². The Kier molecular flexibility index (Phi) is 2.22. The van der Waals surface area contributed by atoms with Crippen LogP contribution in [-0.4, -0.2) is 18.4 Å². The molecule has 17 heavy (non-hydrogen) atoms. The Bertz CT molecular complexity index is 417. The van der Waals surface area contributed by atoms with E-state index < -0.39 is 5.41 Å². The van der Waals surface area contributed by atoms with Gasteiger partial charge in [-0.1, -0.05) is 11.1 Å². The summed E-state index contributed by atoms with van der Waals surface area (Å²) in [7, 11) is 0. The van der Waals surface area contributed by atoms with Gasteiger partial charge in [0.1, 0.15) is 5.41 Å². The molecule has 1 spiro atoms. The lowest BCUT2D eigenvalue weighted by molar-refractivity contribution is -0.146. The third kappa shape index (κ3) is 1.34. The molecular formula is C14H18O3. The van der Waals surface area contributed by atoms with Crippen molar-refractivity contribution < 1.29 is 14.3 Å². The molecule has 2 aliphatic carbocycles. The van der Waals surface area contributed by atoms with Crippen molar-refractivity contribution in [3.05, 3.63) is 11.1 Å². The molecule has 0 aromatic heterocycles. The zero-order valence-corrected chi connectivity index (χ0v) is 10.4. The smallest absolute Gasteiger partial charge is 0.320 e. The average Bonchev–Trinajstić information content (AvgIpc) is 2.82. The first-order chi connectivity index (χ1) is 8.04. The van der Waals surface area contributed by atoms with E-state index in [1.165, 1.54) is 11.1 Å². The summed E-state index contributed by atoms with van der Waals surface area (Å²) in [4.78, 5) is 23.9. The molecule has 0 N–H and O–H groups in total. The van der Waals surface area contributed by atoms with E-state index in [9.17, 15) is 9.59 Å². The minimum absolute atomic E-state index is 0.0000172. The molecule has 3 aliphatic rings. The van der Waals surface area contributed by atoms with E-state index in [0.717, 1.165) is 19.3 Å². The van der Waals surface area contributed by atoms with Crippen LogP contribution in [0.15, 0.2) is 11.1 Å². The van der Waals surface area contributed by atoms with Gasteiger partial charge in [-0.2, -0.15) is 0 Å². The number of ketones is 1. The van der Waals surface area contributed by atoms with Crippen LogP contribution in [0, 0.1) is 17.3 Å². The number of cyclic esters (lactones) is 1. The Morgan fingerprint density at radius 1 is 1.24 bits per heavy atom. The second kappa shape index (κ2) is 3.44. The van der Waals surface area contributed by atoms with Crippen LogP contribution in [0.4, 0.5) is 0 Å². The monoisotopic (exact) mass is 234 g/mol. The van der Waals surface area contributed by atoms with Crippen LogP contribution in [0.5, 0.6) is 0 Å². The van der Waals surface area contributed by atoms with Crippen molar-refractivity contribution in [2.75, 3.05) is 6.61 Å². The summed E-state index contributed by atoms with van der Waals surface area (Å²) >= 11 is 0. The lowest BCUT2D eigenvalue weighted by Crippen LogP contribution is -2.31. The summed E-state index contributed by atoms with van der Waals surface area (Å²) in [6.07, 6.45) is 3.65. The van der Waals surface area contributed by atoms with Crippen LogP contribution in [0.25, 0.3) is 0 Å². The fraction of sp³-hybridized carbons (Fsp3) is 0.714. The molecular weight excluding hydrogens is 216 g/mol. The number of ether oxygens (including phenoxy) is 1. The van der Waals surface area contributed by atoms with Crippen molar-refractivity contribution in [1.82, 2.24) is 0 Å². The minimum Gasteiger partial charge on any atom is -0.457 e. The molecule has 3 rings (SSSR count). The molecule has 3 nitrogen and oxygen atoms in total. The second-order valence-electron chi connectivity index (χ2n) is 5.86. The van der Waals surface area contributed by atoms with Crippen molar-refractivity contribution in [2.45, 2.75) is 39.5 Å². The van der Waals surface area contributed by atoms with Gasteiger partial charge in [-0.15, -0.1) is 0 Å². The first-order valence-electron chi connectivity index (χ1n) is 6.41. The highest BCUT2D eigenvalue weighted by Crippen LogP contribution is 2.55. The van der Waals surface area contributed by atoms with Crippen molar-refractivity contribution in [3.8, 4) is 0 Å². The van der Waals surface area contributed by atoms with E-state index in [2.05, 4.69) is 13.8 Å². The van der Waals surface area contributed by atoms with Gasteiger partial charge in [-0.25, -0.2) is 0 Å². The third-order valence-electron chi connectivity index (χ3n) is 5.13. The van der Waals surface area contributed by atoms with Crippen LogP contribution in [0.1, 0.15) is 39.5 Å². The number of Topliss-reactive ketones (excluding diaryl/α,β-unsaturated/α-hetero) is 1. The predicted octanol–water partition coefficient (Wildman–Crippen LogP) is 2.26. The highest BCUT2D eigenvalue weighted by Gasteiger charge is 2.59. The van der Waals surface area contributed by atoms with Crippen molar-refractivity contribution in [1.29, 1.82) is 0 Å². The summed E-state index contributed by atoms with van der Waals surface area (Å²) < 4.78 is 4.97. The Morgan fingerprint density at radius 3 is 2.65 bits per heavy atom.